The van der Waals surface area contributed by atoms with Crippen LogP contribution in [0.25, 0.3) is 0 Å². The number of amides is 1. The van der Waals surface area contributed by atoms with Crippen molar-refractivity contribution in [3.05, 3.63) is 34.9 Å². The molecule has 0 aliphatic rings. The zero-order valence-electron chi connectivity index (χ0n) is 14.1. The minimum atomic E-state index is -0.448. The first kappa shape index (κ1) is 18.9. The van der Waals surface area contributed by atoms with Crippen LogP contribution in [0.1, 0.15) is 32.4 Å². The standard InChI is InChI=1S/C17H27ClN2O2/c1-12(2)11-22-13(3)17(21)19-10-16(20(4)5)14-8-6-7-9-15(14)18/h6-9,12-13,16H,10-11H2,1-5H3,(H,19,21)/t13-,16-/m1/s1. The molecule has 0 heterocycles. The zero-order chi connectivity index (χ0) is 16.7. The average molecular weight is 327 g/mol. The molecule has 0 unspecified atom stereocenters. The van der Waals surface area contributed by atoms with Gasteiger partial charge in [-0.25, -0.2) is 0 Å². The molecule has 1 aromatic carbocycles. The summed E-state index contributed by atoms with van der Waals surface area (Å²) in [6.45, 7) is 6.97. The Bertz CT molecular complexity index is 477. The summed E-state index contributed by atoms with van der Waals surface area (Å²) in [5.41, 5.74) is 1.00. The molecule has 0 saturated heterocycles. The van der Waals surface area contributed by atoms with E-state index in [0.29, 0.717) is 24.1 Å². The van der Waals surface area contributed by atoms with Gasteiger partial charge in [0.15, 0.2) is 0 Å². The molecule has 4 nitrogen and oxygen atoms in total. The molecule has 0 radical (unpaired) electrons. The second-order valence-electron chi connectivity index (χ2n) is 6.12. The van der Waals surface area contributed by atoms with Crippen molar-refractivity contribution in [2.75, 3.05) is 27.2 Å². The second-order valence-corrected chi connectivity index (χ2v) is 6.52. The summed E-state index contributed by atoms with van der Waals surface area (Å²) in [6, 6.07) is 7.73. The zero-order valence-corrected chi connectivity index (χ0v) is 14.9. The Morgan fingerprint density at radius 1 is 1.27 bits per heavy atom. The van der Waals surface area contributed by atoms with Gasteiger partial charge in [0.2, 0.25) is 5.91 Å². The third-order valence-corrected chi connectivity index (χ3v) is 3.75. The van der Waals surface area contributed by atoms with Crippen molar-refractivity contribution >= 4 is 17.5 Å². The Balaban J connectivity index is 2.62. The van der Waals surface area contributed by atoms with Gasteiger partial charge in [-0.2, -0.15) is 0 Å². The SMILES string of the molecule is CC(C)CO[C@H](C)C(=O)NC[C@H](c1ccccc1Cl)N(C)C. The molecule has 2 atom stereocenters. The number of likely N-dealkylation sites (N-methyl/N-ethyl adjacent to an activating group) is 1. The van der Waals surface area contributed by atoms with Crippen molar-refractivity contribution < 1.29 is 9.53 Å². The number of rotatable bonds is 8. The number of hydrogen-bond acceptors (Lipinski definition) is 3. The molecule has 0 saturated carbocycles. The van der Waals surface area contributed by atoms with E-state index >= 15 is 0 Å². The van der Waals surface area contributed by atoms with Gasteiger partial charge in [-0.3, -0.25) is 4.79 Å². The van der Waals surface area contributed by atoms with Crippen LogP contribution in [-0.2, 0) is 9.53 Å². The molecule has 0 spiro atoms. The van der Waals surface area contributed by atoms with E-state index in [4.69, 9.17) is 16.3 Å². The third kappa shape index (κ3) is 5.95. The van der Waals surface area contributed by atoms with E-state index in [9.17, 15) is 4.79 Å². The van der Waals surface area contributed by atoms with Crippen molar-refractivity contribution in [1.29, 1.82) is 0 Å². The Morgan fingerprint density at radius 2 is 1.91 bits per heavy atom. The first-order valence-electron chi connectivity index (χ1n) is 7.63. The van der Waals surface area contributed by atoms with Gasteiger partial charge >= 0.3 is 0 Å². The van der Waals surface area contributed by atoms with E-state index in [2.05, 4.69) is 19.2 Å². The predicted molar refractivity (Wildman–Crippen MR) is 91.1 cm³/mol. The maximum atomic E-state index is 12.1. The Labute approximate surface area is 138 Å². The minimum Gasteiger partial charge on any atom is -0.368 e. The van der Waals surface area contributed by atoms with Gasteiger partial charge in [0.05, 0.1) is 6.04 Å². The molecule has 0 bridgehead atoms. The highest BCUT2D eigenvalue weighted by Crippen LogP contribution is 2.25. The summed E-state index contributed by atoms with van der Waals surface area (Å²) in [4.78, 5) is 14.2. The maximum Gasteiger partial charge on any atom is 0.248 e. The van der Waals surface area contributed by atoms with Gasteiger partial charge < -0.3 is 15.0 Å². The largest absolute Gasteiger partial charge is 0.368 e. The Hall–Kier alpha value is -1.10. The van der Waals surface area contributed by atoms with Gasteiger partial charge in [-0.1, -0.05) is 43.6 Å². The number of ether oxygens (including phenoxy) is 1. The number of carbonyl (C=O) groups is 1. The quantitative estimate of drug-likeness (QED) is 0.798. The maximum absolute atomic E-state index is 12.1. The van der Waals surface area contributed by atoms with Crippen LogP contribution in [-0.4, -0.2) is 44.2 Å². The van der Waals surface area contributed by atoms with E-state index in [-0.39, 0.29) is 11.9 Å². The van der Waals surface area contributed by atoms with Gasteiger partial charge in [0.1, 0.15) is 6.10 Å². The number of halogens is 1. The van der Waals surface area contributed by atoms with Crippen LogP contribution in [0.5, 0.6) is 0 Å². The molecule has 22 heavy (non-hydrogen) atoms. The molecule has 1 amide bonds. The molecular weight excluding hydrogens is 300 g/mol. The summed E-state index contributed by atoms with van der Waals surface area (Å²) in [5.74, 6) is 0.312. The number of benzene rings is 1. The van der Waals surface area contributed by atoms with Crippen LogP contribution in [0.3, 0.4) is 0 Å². The lowest BCUT2D eigenvalue weighted by molar-refractivity contribution is -0.132. The monoisotopic (exact) mass is 326 g/mol. The molecular formula is C17H27ClN2O2. The topological polar surface area (TPSA) is 41.6 Å². The van der Waals surface area contributed by atoms with Gasteiger partial charge in [-0.15, -0.1) is 0 Å². The molecule has 0 aliphatic carbocycles. The minimum absolute atomic E-state index is 0.0231. The molecule has 1 rings (SSSR count). The van der Waals surface area contributed by atoms with E-state index < -0.39 is 6.10 Å². The molecule has 1 aromatic rings. The first-order valence-corrected chi connectivity index (χ1v) is 8.00. The first-order chi connectivity index (χ1) is 10.3. The van der Waals surface area contributed by atoms with E-state index in [1.807, 2.05) is 43.3 Å². The lowest BCUT2D eigenvalue weighted by atomic mass is 10.1. The number of nitrogens with one attached hydrogen (secondary N) is 1. The summed E-state index contributed by atoms with van der Waals surface area (Å²) >= 11 is 6.26. The highest BCUT2D eigenvalue weighted by molar-refractivity contribution is 6.31. The van der Waals surface area contributed by atoms with Crippen molar-refractivity contribution in [2.45, 2.75) is 32.9 Å². The van der Waals surface area contributed by atoms with Crippen molar-refractivity contribution in [2.24, 2.45) is 5.92 Å². The van der Waals surface area contributed by atoms with Crippen molar-refractivity contribution in [3.8, 4) is 0 Å². The van der Waals surface area contributed by atoms with Crippen molar-refractivity contribution in [3.63, 3.8) is 0 Å². The lowest BCUT2D eigenvalue weighted by Crippen LogP contribution is -2.40. The highest BCUT2D eigenvalue weighted by atomic mass is 35.5. The van der Waals surface area contributed by atoms with Crippen LogP contribution >= 0.6 is 11.6 Å². The molecule has 0 aliphatic heterocycles. The van der Waals surface area contributed by atoms with Crippen LogP contribution in [0.4, 0.5) is 0 Å². The van der Waals surface area contributed by atoms with Crippen LogP contribution in [0.2, 0.25) is 5.02 Å². The average Bonchev–Trinajstić information content (AvgIpc) is 2.46. The fraction of sp³-hybridized carbons (Fsp3) is 0.588. The molecule has 5 heteroatoms. The molecule has 0 fully saturated rings. The molecule has 1 N–H and O–H groups in total. The van der Waals surface area contributed by atoms with Gasteiger partial charge in [0.25, 0.3) is 0 Å². The third-order valence-electron chi connectivity index (χ3n) is 3.41. The number of carbonyl (C=O) groups excluding carboxylic acids is 1. The highest BCUT2D eigenvalue weighted by Gasteiger charge is 2.20. The van der Waals surface area contributed by atoms with E-state index in [1.165, 1.54) is 0 Å². The van der Waals surface area contributed by atoms with Crippen LogP contribution < -0.4 is 5.32 Å². The Kier molecular flexibility index (Phi) is 7.87. The lowest BCUT2D eigenvalue weighted by Gasteiger charge is -2.26. The number of hydrogen-bond donors (Lipinski definition) is 1. The van der Waals surface area contributed by atoms with Crippen LogP contribution in [0, 0.1) is 5.92 Å². The van der Waals surface area contributed by atoms with Gasteiger partial charge in [0, 0.05) is 18.2 Å². The van der Waals surface area contributed by atoms with Crippen molar-refractivity contribution in [1.82, 2.24) is 10.2 Å². The van der Waals surface area contributed by atoms with Crippen LogP contribution in [0.15, 0.2) is 24.3 Å². The molecule has 0 aromatic heterocycles. The predicted octanol–water partition coefficient (Wildman–Crippen LogP) is 3.12. The van der Waals surface area contributed by atoms with Gasteiger partial charge in [-0.05, 0) is 38.6 Å². The summed E-state index contributed by atoms with van der Waals surface area (Å²) in [6.07, 6.45) is -0.448. The fourth-order valence-electron chi connectivity index (χ4n) is 2.07. The summed E-state index contributed by atoms with van der Waals surface area (Å²) in [5, 5.41) is 3.66. The summed E-state index contributed by atoms with van der Waals surface area (Å²) < 4.78 is 5.54. The van der Waals surface area contributed by atoms with E-state index in [0.717, 1.165) is 5.56 Å². The Morgan fingerprint density at radius 3 is 2.45 bits per heavy atom. The van der Waals surface area contributed by atoms with E-state index in [1.54, 1.807) is 6.92 Å². The fourth-order valence-corrected chi connectivity index (χ4v) is 2.33. The molecule has 124 valence electrons. The normalized spacial score (nSPS) is 14.2. The second kappa shape index (κ2) is 9.13. The smallest absolute Gasteiger partial charge is 0.248 e. The summed E-state index contributed by atoms with van der Waals surface area (Å²) in [7, 11) is 3.94. The number of nitrogens with zero attached hydrogens (tertiary/aromatic N) is 1.